The Kier molecular flexibility index (Phi) is 7.55. The number of ether oxygens (including phenoxy) is 1. The van der Waals surface area contributed by atoms with E-state index in [9.17, 15) is 14.7 Å². The molecule has 3 aromatic rings. The Labute approximate surface area is 224 Å². The molecule has 2 atom stereocenters. The molecule has 2 heterocycles. The third-order valence-corrected chi connectivity index (χ3v) is 7.69. The zero-order valence-electron chi connectivity index (χ0n) is 22.6. The van der Waals surface area contributed by atoms with Crippen LogP contribution in [0.5, 0.6) is 0 Å². The maximum Gasteiger partial charge on any atom is 0.411 e. The number of rotatable bonds is 7. The first-order chi connectivity index (χ1) is 17.6. The Morgan fingerprint density at radius 3 is 2.37 bits per heavy atom. The number of carbonyl (C=O) groups is 1. The summed E-state index contributed by atoms with van der Waals surface area (Å²) in [5, 5.41) is 10.6. The van der Waals surface area contributed by atoms with E-state index < -0.39 is 11.2 Å². The largest absolute Gasteiger partial charge is 0.438 e. The van der Waals surface area contributed by atoms with Crippen LogP contribution in [-0.2, 0) is 10.3 Å². The Morgan fingerprint density at radius 1 is 1.08 bits per heavy atom. The van der Waals surface area contributed by atoms with Gasteiger partial charge in [-0.05, 0) is 74.4 Å². The highest BCUT2D eigenvalue weighted by molar-refractivity contribution is 5.71. The number of carbonyl (C=O) groups excluding carboxylic acids is 1. The quantitative estimate of drug-likeness (QED) is 0.459. The van der Waals surface area contributed by atoms with E-state index in [0.29, 0.717) is 25.4 Å². The predicted molar refractivity (Wildman–Crippen MR) is 148 cm³/mol. The molecule has 0 radical (unpaired) electrons. The highest BCUT2D eigenvalue weighted by atomic mass is 16.6. The minimum atomic E-state index is -0.990. The van der Waals surface area contributed by atoms with Crippen molar-refractivity contribution in [3.05, 3.63) is 93.9 Å². The number of amides is 1. The van der Waals surface area contributed by atoms with Crippen molar-refractivity contribution in [3.8, 4) is 11.1 Å². The van der Waals surface area contributed by atoms with Crippen molar-refractivity contribution in [2.24, 2.45) is 0 Å². The molecule has 2 aliphatic rings. The molecule has 7 heteroatoms. The Balaban J connectivity index is 0.00000336. The summed E-state index contributed by atoms with van der Waals surface area (Å²) in [5.41, 5.74) is 3.09. The van der Waals surface area contributed by atoms with Crippen molar-refractivity contribution >= 4 is 6.09 Å². The molecule has 1 saturated heterocycles. The lowest BCUT2D eigenvalue weighted by Crippen LogP contribution is -2.51. The van der Waals surface area contributed by atoms with Crippen LogP contribution in [0, 0.1) is 6.92 Å². The van der Waals surface area contributed by atoms with Crippen LogP contribution in [0.4, 0.5) is 4.79 Å². The summed E-state index contributed by atoms with van der Waals surface area (Å²) in [5.74, 6) is 0. The second-order valence-corrected chi connectivity index (χ2v) is 11.3. The van der Waals surface area contributed by atoms with E-state index in [-0.39, 0.29) is 23.2 Å². The fourth-order valence-electron chi connectivity index (χ4n) is 5.65. The molecule has 0 bridgehead atoms. The van der Waals surface area contributed by atoms with E-state index in [1.54, 1.807) is 24.8 Å². The van der Waals surface area contributed by atoms with Crippen molar-refractivity contribution in [1.29, 1.82) is 0 Å². The van der Waals surface area contributed by atoms with Crippen LogP contribution in [-0.4, -0.2) is 38.3 Å². The first kappa shape index (κ1) is 27.6. The fraction of sp³-hybridized carbons (Fsp3) is 0.419. The molecule has 1 aliphatic heterocycles. The molecule has 7 nitrogen and oxygen atoms in total. The van der Waals surface area contributed by atoms with Gasteiger partial charge in [-0.3, -0.25) is 4.79 Å². The standard InChI is InChI=1S/C31H36N2O4.H2O/c1-21-18-23(10-13-27(21)24-14-16-33(26-11-12-26)28(34)19-24)22(2)32-17-15-31(37-29(32)35,20-30(3,4)36)25-8-6-5-7-9-25;/h5-10,13-14,16,18-19,22,26,36H,11-12,15,17,20H2,1-4H3;1H2/t22-,31-;/m0./s1. The molecule has 3 N–H and O–H groups in total. The van der Waals surface area contributed by atoms with Gasteiger partial charge in [0, 0.05) is 37.7 Å². The first-order valence-corrected chi connectivity index (χ1v) is 13.2. The molecule has 1 amide bonds. The summed E-state index contributed by atoms with van der Waals surface area (Å²) in [7, 11) is 0. The second kappa shape index (κ2) is 10.4. The number of hydrogen-bond acceptors (Lipinski definition) is 4. The Bertz CT molecular complexity index is 1360. The van der Waals surface area contributed by atoms with Crippen LogP contribution in [0.3, 0.4) is 0 Å². The Hall–Kier alpha value is -3.42. The third-order valence-electron chi connectivity index (χ3n) is 7.69. The molecular weight excluding hydrogens is 480 g/mol. The van der Waals surface area contributed by atoms with E-state index >= 15 is 0 Å². The van der Waals surface area contributed by atoms with E-state index in [1.807, 2.05) is 73.1 Å². The average molecular weight is 519 g/mol. The van der Waals surface area contributed by atoms with Crippen LogP contribution in [0.25, 0.3) is 11.1 Å². The summed E-state index contributed by atoms with van der Waals surface area (Å²) in [6.07, 6.45) is 4.60. The number of pyridine rings is 1. The minimum Gasteiger partial charge on any atom is -0.438 e. The topological polar surface area (TPSA) is 103 Å². The van der Waals surface area contributed by atoms with Crippen LogP contribution < -0.4 is 5.56 Å². The minimum absolute atomic E-state index is 0. The average Bonchev–Trinajstić information content (AvgIpc) is 3.68. The number of aliphatic hydroxyl groups is 1. The number of aromatic nitrogens is 1. The number of cyclic esters (lactones) is 1. The molecule has 1 aliphatic carbocycles. The predicted octanol–water partition coefficient (Wildman–Crippen LogP) is 5.29. The summed E-state index contributed by atoms with van der Waals surface area (Å²) in [6.45, 7) is 8.07. The van der Waals surface area contributed by atoms with E-state index in [2.05, 4.69) is 6.07 Å². The highest BCUT2D eigenvalue weighted by Crippen LogP contribution is 2.42. The maximum absolute atomic E-state index is 13.4. The molecule has 5 rings (SSSR count). The van der Waals surface area contributed by atoms with Crippen LogP contribution in [0.2, 0.25) is 0 Å². The number of aryl methyl sites for hydroxylation is 1. The fourth-order valence-corrected chi connectivity index (χ4v) is 5.65. The van der Waals surface area contributed by atoms with Crippen LogP contribution in [0.1, 0.15) is 75.2 Å². The molecule has 0 spiro atoms. The lowest BCUT2D eigenvalue weighted by molar-refractivity contribution is -0.101. The zero-order chi connectivity index (χ0) is 26.4. The summed E-state index contributed by atoms with van der Waals surface area (Å²) in [4.78, 5) is 27.7. The van der Waals surface area contributed by atoms with Gasteiger partial charge in [0.05, 0.1) is 11.6 Å². The first-order valence-electron chi connectivity index (χ1n) is 13.2. The second-order valence-electron chi connectivity index (χ2n) is 11.3. The van der Waals surface area contributed by atoms with Gasteiger partial charge in [0.25, 0.3) is 5.56 Å². The van der Waals surface area contributed by atoms with E-state index in [0.717, 1.165) is 40.7 Å². The molecular formula is C31H38N2O5. The third kappa shape index (κ3) is 5.54. The SMILES string of the molecule is Cc1cc([C@H](C)N2CC[C@](CC(C)(C)O)(c3ccccc3)OC2=O)ccc1-c1ccn(C2CC2)c(=O)c1.O. The highest BCUT2D eigenvalue weighted by Gasteiger charge is 2.46. The van der Waals surface area contributed by atoms with Crippen LogP contribution >= 0.6 is 0 Å². The number of hydrogen-bond donors (Lipinski definition) is 1. The molecule has 2 aromatic carbocycles. The van der Waals surface area contributed by atoms with Gasteiger partial charge in [-0.25, -0.2) is 4.79 Å². The molecule has 1 saturated carbocycles. The molecule has 38 heavy (non-hydrogen) atoms. The van der Waals surface area contributed by atoms with Crippen molar-refractivity contribution in [3.63, 3.8) is 0 Å². The monoisotopic (exact) mass is 518 g/mol. The van der Waals surface area contributed by atoms with Crippen molar-refractivity contribution in [2.45, 2.75) is 76.7 Å². The van der Waals surface area contributed by atoms with Crippen molar-refractivity contribution in [2.75, 3.05) is 6.54 Å². The van der Waals surface area contributed by atoms with Gasteiger partial charge in [-0.1, -0.05) is 48.5 Å². The van der Waals surface area contributed by atoms with Gasteiger partial charge in [-0.15, -0.1) is 0 Å². The number of nitrogens with zero attached hydrogens (tertiary/aromatic N) is 2. The van der Waals surface area contributed by atoms with Gasteiger partial charge < -0.3 is 24.8 Å². The lowest BCUT2D eigenvalue weighted by Gasteiger charge is -2.45. The molecule has 202 valence electrons. The normalized spacial score (nSPS) is 20.4. The van der Waals surface area contributed by atoms with Gasteiger partial charge in [0.15, 0.2) is 0 Å². The van der Waals surface area contributed by atoms with Crippen molar-refractivity contribution in [1.82, 2.24) is 9.47 Å². The Morgan fingerprint density at radius 2 is 1.79 bits per heavy atom. The number of benzene rings is 2. The maximum atomic E-state index is 13.4. The van der Waals surface area contributed by atoms with Gasteiger partial charge >= 0.3 is 6.09 Å². The summed E-state index contributed by atoms with van der Waals surface area (Å²) < 4.78 is 7.98. The van der Waals surface area contributed by atoms with Crippen molar-refractivity contribution < 1.29 is 20.1 Å². The smallest absolute Gasteiger partial charge is 0.411 e. The summed E-state index contributed by atoms with van der Waals surface area (Å²) in [6, 6.07) is 19.8. The molecule has 1 aromatic heterocycles. The van der Waals surface area contributed by atoms with Gasteiger partial charge in [0.2, 0.25) is 0 Å². The van der Waals surface area contributed by atoms with Crippen LogP contribution in [0.15, 0.2) is 71.7 Å². The molecule has 0 unspecified atom stereocenters. The summed E-state index contributed by atoms with van der Waals surface area (Å²) >= 11 is 0. The van der Waals surface area contributed by atoms with Gasteiger partial charge in [0.1, 0.15) is 5.60 Å². The lowest BCUT2D eigenvalue weighted by atomic mass is 9.80. The molecule has 2 fully saturated rings. The van der Waals surface area contributed by atoms with Gasteiger partial charge in [-0.2, -0.15) is 0 Å². The van der Waals surface area contributed by atoms with E-state index in [4.69, 9.17) is 4.74 Å². The van der Waals surface area contributed by atoms with E-state index in [1.165, 1.54) is 0 Å². The zero-order valence-corrected chi connectivity index (χ0v) is 22.6.